The van der Waals surface area contributed by atoms with Gasteiger partial charge in [-0.3, -0.25) is 9.78 Å². The number of pyridine rings is 2. The third kappa shape index (κ3) is 2.63. The lowest BCUT2D eigenvalue weighted by Gasteiger charge is -2.12. The molecule has 124 valence electrons. The molecule has 3 aromatic heterocycles. The van der Waals surface area contributed by atoms with E-state index in [0.29, 0.717) is 11.9 Å². The summed E-state index contributed by atoms with van der Waals surface area (Å²) in [7, 11) is 0. The molecule has 0 fully saturated rings. The van der Waals surface area contributed by atoms with E-state index < -0.39 is 0 Å². The minimum absolute atomic E-state index is 0.0533. The summed E-state index contributed by atoms with van der Waals surface area (Å²) < 4.78 is 7.06. The van der Waals surface area contributed by atoms with Gasteiger partial charge in [0.2, 0.25) is 0 Å². The SMILES string of the molecule is Cc1noc(C)c1-c1cn(Cc2ccccc2)c(=O)c2cnccc12. The predicted molar refractivity (Wildman–Crippen MR) is 96.5 cm³/mol. The number of nitrogens with zero attached hydrogens (tertiary/aromatic N) is 3. The molecule has 5 nitrogen and oxygen atoms in total. The van der Waals surface area contributed by atoms with Gasteiger partial charge in [-0.25, -0.2) is 0 Å². The van der Waals surface area contributed by atoms with Crippen LogP contribution in [0.25, 0.3) is 21.9 Å². The van der Waals surface area contributed by atoms with Gasteiger partial charge in [0.1, 0.15) is 5.76 Å². The Hall–Kier alpha value is -3.21. The maximum absolute atomic E-state index is 12.9. The number of aromatic nitrogens is 3. The molecule has 4 rings (SSSR count). The molecule has 0 saturated heterocycles. The second-order valence-corrected chi connectivity index (χ2v) is 6.08. The molecule has 0 saturated carbocycles. The molecule has 0 amide bonds. The molecule has 0 aliphatic rings. The monoisotopic (exact) mass is 331 g/mol. The van der Waals surface area contributed by atoms with Crippen LogP contribution in [0.3, 0.4) is 0 Å². The maximum Gasteiger partial charge on any atom is 0.260 e. The molecule has 0 bridgehead atoms. The normalized spacial score (nSPS) is 11.1. The molecular formula is C20H17N3O2. The highest BCUT2D eigenvalue weighted by Crippen LogP contribution is 2.31. The van der Waals surface area contributed by atoms with Crippen LogP contribution in [0, 0.1) is 13.8 Å². The van der Waals surface area contributed by atoms with E-state index in [2.05, 4.69) is 10.1 Å². The summed E-state index contributed by atoms with van der Waals surface area (Å²) in [6.45, 7) is 4.29. The molecule has 0 atom stereocenters. The molecule has 25 heavy (non-hydrogen) atoms. The summed E-state index contributed by atoms with van der Waals surface area (Å²) in [4.78, 5) is 17.0. The second-order valence-electron chi connectivity index (χ2n) is 6.08. The van der Waals surface area contributed by atoms with Crippen LogP contribution in [-0.2, 0) is 6.54 Å². The lowest BCUT2D eigenvalue weighted by Crippen LogP contribution is -2.21. The number of benzene rings is 1. The van der Waals surface area contributed by atoms with Crippen molar-refractivity contribution in [3.05, 3.63) is 82.4 Å². The van der Waals surface area contributed by atoms with E-state index in [1.807, 2.05) is 56.4 Å². The fourth-order valence-corrected chi connectivity index (χ4v) is 3.20. The molecule has 0 aliphatic heterocycles. The average Bonchev–Trinajstić information content (AvgIpc) is 2.97. The highest BCUT2D eigenvalue weighted by molar-refractivity contribution is 5.96. The first-order valence-corrected chi connectivity index (χ1v) is 8.09. The Balaban J connectivity index is 1.99. The van der Waals surface area contributed by atoms with Crippen molar-refractivity contribution in [3.63, 3.8) is 0 Å². The first-order valence-electron chi connectivity index (χ1n) is 8.09. The molecule has 4 aromatic rings. The largest absolute Gasteiger partial charge is 0.361 e. The van der Waals surface area contributed by atoms with E-state index in [4.69, 9.17) is 4.52 Å². The van der Waals surface area contributed by atoms with E-state index in [0.717, 1.165) is 33.5 Å². The van der Waals surface area contributed by atoms with Crippen LogP contribution in [0.5, 0.6) is 0 Å². The molecule has 0 spiro atoms. The Morgan fingerprint density at radius 2 is 1.88 bits per heavy atom. The number of hydrogen-bond acceptors (Lipinski definition) is 4. The van der Waals surface area contributed by atoms with E-state index in [9.17, 15) is 4.79 Å². The summed E-state index contributed by atoms with van der Waals surface area (Å²) in [6, 6.07) is 11.8. The Kier molecular flexibility index (Phi) is 3.69. The quantitative estimate of drug-likeness (QED) is 0.574. The van der Waals surface area contributed by atoms with Crippen LogP contribution in [0.1, 0.15) is 17.0 Å². The summed E-state index contributed by atoms with van der Waals surface area (Å²) in [6.07, 6.45) is 5.22. The summed E-state index contributed by atoms with van der Waals surface area (Å²) in [5, 5.41) is 5.51. The fourth-order valence-electron chi connectivity index (χ4n) is 3.20. The Morgan fingerprint density at radius 3 is 2.60 bits per heavy atom. The molecule has 1 aromatic carbocycles. The van der Waals surface area contributed by atoms with E-state index >= 15 is 0 Å². The van der Waals surface area contributed by atoms with Crippen LogP contribution in [-0.4, -0.2) is 14.7 Å². The first kappa shape index (κ1) is 15.3. The minimum Gasteiger partial charge on any atom is -0.361 e. The lowest BCUT2D eigenvalue weighted by molar-refractivity contribution is 0.393. The van der Waals surface area contributed by atoms with Gasteiger partial charge >= 0.3 is 0 Å². The molecule has 0 unspecified atom stereocenters. The third-order valence-corrected chi connectivity index (χ3v) is 4.39. The maximum atomic E-state index is 12.9. The van der Waals surface area contributed by atoms with Gasteiger partial charge < -0.3 is 9.09 Å². The Labute approximate surface area is 144 Å². The number of rotatable bonds is 3. The van der Waals surface area contributed by atoms with Crippen molar-refractivity contribution >= 4 is 10.8 Å². The van der Waals surface area contributed by atoms with E-state index in [-0.39, 0.29) is 5.56 Å². The van der Waals surface area contributed by atoms with Crippen molar-refractivity contribution in [3.8, 4) is 11.1 Å². The van der Waals surface area contributed by atoms with Crippen molar-refractivity contribution in [2.24, 2.45) is 0 Å². The van der Waals surface area contributed by atoms with Gasteiger partial charge in [-0.05, 0) is 30.9 Å². The molecule has 5 heteroatoms. The number of hydrogen-bond donors (Lipinski definition) is 0. The smallest absolute Gasteiger partial charge is 0.260 e. The van der Waals surface area contributed by atoms with Gasteiger partial charge in [0, 0.05) is 29.7 Å². The van der Waals surface area contributed by atoms with Crippen LogP contribution in [0.4, 0.5) is 0 Å². The molecule has 0 radical (unpaired) electrons. The van der Waals surface area contributed by atoms with E-state index in [1.165, 1.54) is 0 Å². The molecule has 0 N–H and O–H groups in total. The van der Waals surface area contributed by atoms with Crippen LogP contribution >= 0.6 is 0 Å². The van der Waals surface area contributed by atoms with Crippen molar-refractivity contribution in [1.82, 2.24) is 14.7 Å². The Bertz CT molecular complexity index is 1090. The zero-order valence-electron chi connectivity index (χ0n) is 14.1. The number of aryl methyl sites for hydroxylation is 2. The lowest BCUT2D eigenvalue weighted by atomic mass is 10.0. The van der Waals surface area contributed by atoms with Crippen molar-refractivity contribution < 1.29 is 4.52 Å². The zero-order valence-corrected chi connectivity index (χ0v) is 14.1. The Morgan fingerprint density at radius 1 is 1.08 bits per heavy atom. The van der Waals surface area contributed by atoms with Gasteiger partial charge in [-0.2, -0.15) is 0 Å². The summed E-state index contributed by atoms with van der Waals surface area (Å²) >= 11 is 0. The standard InChI is InChI=1S/C20H17N3O2/c1-13-19(14(2)25-22-13)18-12-23(11-15-6-4-3-5-7-15)20(24)17-10-21-9-8-16(17)18/h3-10,12H,11H2,1-2H3. The van der Waals surface area contributed by atoms with Crippen molar-refractivity contribution in [2.45, 2.75) is 20.4 Å². The van der Waals surface area contributed by atoms with E-state index in [1.54, 1.807) is 17.0 Å². The van der Waals surface area contributed by atoms with Gasteiger partial charge in [0.05, 0.1) is 17.6 Å². The molecule has 0 aliphatic carbocycles. The minimum atomic E-state index is -0.0533. The van der Waals surface area contributed by atoms with Crippen LogP contribution in [0.15, 0.2) is 64.3 Å². The van der Waals surface area contributed by atoms with Gasteiger partial charge in [0.15, 0.2) is 0 Å². The van der Waals surface area contributed by atoms with Crippen LogP contribution < -0.4 is 5.56 Å². The molecular weight excluding hydrogens is 314 g/mol. The molecule has 3 heterocycles. The first-order chi connectivity index (χ1) is 12.1. The van der Waals surface area contributed by atoms with Crippen LogP contribution in [0.2, 0.25) is 0 Å². The number of fused-ring (bicyclic) bond motifs is 1. The summed E-state index contributed by atoms with van der Waals surface area (Å²) in [5.74, 6) is 0.737. The van der Waals surface area contributed by atoms with Gasteiger partial charge in [-0.1, -0.05) is 35.5 Å². The van der Waals surface area contributed by atoms with Crippen molar-refractivity contribution in [2.75, 3.05) is 0 Å². The summed E-state index contributed by atoms with van der Waals surface area (Å²) in [5.41, 5.74) is 3.68. The van der Waals surface area contributed by atoms with Gasteiger partial charge in [0.25, 0.3) is 5.56 Å². The fraction of sp³-hybridized carbons (Fsp3) is 0.150. The average molecular weight is 331 g/mol. The zero-order chi connectivity index (χ0) is 17.4. The second kappa shape index (κ2) is 6.02. The van der Waals surface area contributed by atoms with Crippen molar-refractivity contribution in [1.29, 1.82) is 0 Å². The highest BCUT2D eigenvalue weighted by atomic mass is 16.5. The van der Waals surface area contributed by atoms with Gasteiger partial charge in [-0.15, -0.1) is 0 Å². The highest BCUT2D eigenvalue weighted by Gasteiger charge is 2.17. The third-order valence-electron chi connectivity index (χ3n) is 4.39. The topological polar surface area (TPSA) is 60.9 Å². The predicted octanol–water partition coefficient (Wildman–Crippen LogP) is 3.72.